The van der Waals surface area contributed by atoms with Gasteiger partial charge >= 0.3 is 11.4 Å². The molecule has 1 aromatic heterocycles. The summed E-state index contributed by atoms with van der Waals surface area (Å²) in [7, 11) is 0. The maximum Gasteiger partial charge on any atom is 0.351 e. The Bertz CT molecular complexity index is 768. The topological polar surface area (TPSA) is 69.2 Å². The fourth-order valence-corrected chi connectivity index (χ4v) is 2.53. The molecule has 1 aliphatic heterocycles. The predicted molar refractivity (Wildman–Crippen MR) is 70.2 cm³/mol. The van der Waals surface area contributed by atoms with Crippen molar-refractivity contribution in [1.29, 1.82) is 0 Å². The minimum absolute atomic E-state index is 0.177. The molecule has 0 aliphatic carbocycles. The van der Waals surface area contributed by atoms with Crippen LogP contribution in [0.4, 0.5) is 4.39 Å². The van der Waals surface area contributed by atoms with E-state index < -0.39 is 17.2 Å². The van der Waals surface area contributed by atoms with Crippen molar-refractivity contribution < 1.29 is 9.50 Å². The van der Waals surface area contributed by atoms with Gasteiger partial charge in [-0.3, -0.25) is 0 Å². The molecule has 8 heteroatoms. The van der Waals surface area contributed by atoms with Gasteiger partial charge in [0.1, 0.15) is 11.6 Å². The molecule has 3 rings (SSSR count). The Hall–Kier alpha value is -2.02. The minimum Gasteiger partial charge on any atom is -0.506 e. The molecule has 6 nitrogen and oxygen atoms in total. The van der Waals surface area contributed by atoms with Crippen molar-refractivity contribution in [3.63, 3.8) is 0 Å². The van der Waals surface area contributed by atoms with Gasteiger partial charge in [0, 0.05) is 19.2 Å². The van der Waals surface area contributed by atoms with E-state index in [2.05, 4.69) is 0 Å². The molecule has 0 amide bonds. The third-order valence-electron chi connectivity index (χ3n) is 3.36. The van der Waals surface area contributed by atoms with Crippen molar-refractivity contribution in [2.45, 2.75) is 25.9 Å². The molecule has 0 bridgehead atoms. The second-order valence-electron chi connectivity index (χ2n) is 4.61. The first-order valence-electron chi connectivity index (χ1n) is 6.12. The maximum absolute atomic E-state index is 13.9. The maximum atomic E-state index is 13.9. The number of aromatic hydroxyl groups is 1. The normalized spacial score (nSPS) is 14.3. The lowest BCUT2D eigenvalue weighted by Gasteiger charge is -2.13. The van der Waals surface area contributed by atoms with Gasteiger partial charge in [0.2, 0.25) is 0 Å². The summed E-state index contributed by atoms with van der Waals surface area (Å²) >= 11 is 5.59. The summed E-state index contributed by atoms with van der Waals surface area (Å²) in [5.41, 5.74) is -1.53. The number of aromatic nitrogens is 3. The van der Waals surface area contributed by atoms with E-state index in [-0.39, 0.29) is 16.5 Å². The van der Waals surface area contributed by atoms with Crippen LogP contribution in [0.25, 0.3) is 5.69 Å². The smallest absolute Gasteiger partial charge is 0.351 e. The number of phenolic OH excluding ortho intramolecular Hbond substituents is 1. The van der Waals surface area contributed by atoms with Gasteiger partial charge < -0.3 is 5.11 Å². The highest BCUT2D eigenvalue weighted by Gasteiger charge is 2.22. The van der Waals surface area contributed by atoms with E-state index in [0.717, 1.165) is 29.5 Å². The molecule has 1 aromatic carbocycles. The summed E-state index contributed by atoms with van der Waals surface area (Å²) in [4.78, 5) is 24.4. The van der Waals surface area contributed by atoms with E-state index in [9.17, 15) is 19.1 Å². The molecule has 0 spiro atoms. The average Bonchev–Trinajstić information content (AvgIpc) is 2.68. The highest BCUT2D eigenvalue weighted by molar-refractivity contribution is 6.32. The van der Waals surface area contributed by atoms with Crippen molar-refractivity contribution in [3.8, 4) is 11.4 Å². The first kappa shape index (κ1) is 13.0. The number of phenols is 1. The summed E-state index contributed by atoms with van der Waals surface area (Å²) in [5.74, 6) is -1.22. The zero-order valence-corrected chi connectivity index (χ0v) is 11.1. The highest BCUT2D eigenvalue weighted by Crippen LogP contribution is 2.27. The number of fused-ring (bicyclic) bond motifs is 1. The summed E-state index contributed by atoms with van der Waals surface area (Å²) in [6.45, 7) is 0.838. The molecule has 0 saturated carbocycles. The molecule has 0 saturated heterocycles. The lowest BCUT2D eigenvalue weighted by atomic mass is 10.3. The SMILES string of the molecule is O=c1n(-c2cc(O)c(Cl)cc2F)c(=O)n2n1CCCC2. The van der Waals surface area contributed by atoms with Crippen molar-refractivity contribution in [2.24, 2.45) is 0 Å². The van der Waals surface area contributed by atoms with Crippen LogP contribution in [0.1, 0.15) is 12.8 Å². The van der Waals surface area contributed by atoms with Crippen LogP contribution in [0.2, 0.25) is 5.02 Å². The minimum atomic E-state index is -0.837. The molecule has 20 heavy (non-hydrogen) atoms. The lowest BCUT2D eigenvalue weighted by molar-refractivity contribution is 0.348. The largest absolute Gasteiger partial charge is 0.506 e. The Morgan fingerprint density at radius 2 is 1.65 bits per heavy atom. The second kappa shape index (κ2) is 4.52. The van der Waals surface area contributed by atoms with Crippen LogP contribution in [0.5, 0.6) is 5.75 Å². The molecule has 106 valence electrons. The lowest BCUT2D eigenvalue weighted by Crippen LogP contribution is -2.30. The van der Waals surface area contributed by atoms with Crippen molar-refractivity contribution in [3.05, 3.63) is 43.9 Å². The Kier molecular flexibility index (Phi) is 2.93. The van der Waals surface area contributed by atoms with Gasteiger partial charge in [-0.1, -0.05) is 11.6 Å². The van der Waals surface area contributed by atoms with Crippen LogP contribution in [0.15, 0.2) is 21.7 Å². The first-order chi connectivity index (χ1) is 9.50. The molecule has 1 N–H and O–H groups in total. The molecule has 0 atom stereocenters. The molecule has 1 aliphatic rings. The van der Waals surface area contributed by atoms with Crippen LogP contribution in [-0.4, -0.2) is 19.0 Å². The fourth-order valence-electron chi connectivity index (χ4n) is 2.38. The monoisotopic (exact) mass is 299 g/mol. The number of halogens is 2. The standard InChI is InChI=1S/C12H11ClFN3O3/c13-7-5-8(14)9(6-10(7)18)17-11(19)15-3-1-2-4-16(15)12(17)20/h5-6,18H,1-4H2. The number of hydrogen-bond donors (Lipinski definition) is 1. The van der Waals surface area contributed by atoms with Crippen LogP contribution in [-0.2, 0) is 13.1 Å². The van der Waals surface area contributed by atoms with Gasteiger partial charge in [0.05, 0.1) is 10.7 Å². The van der Waals surface area contributed by atoms with Crippen molar-refractivity contribution in [2.75, 3.05) is 0 Å². The zero-order valence-electron chi connectivity index (χ0n) is 10.3. The highest BCUT2D eigenvalue weighted by atomic mass is 35.5. The Morgan fingerprint density at radius 1 is 1.10 bits per heavy atom. The molecule has 0 fully saturated rings. The Balaban J connectivity index is 2.31. The Morgan fingerprint density at radius 3 is 2.20 bits per heavy atom. The molecule has 2 aromatic rings. The van der Waals surface area contributed by atoms with E-state index in [1.54, 1.807) is 0 Å². The van der Waals surface area contributed by atoms with Gasteiger partial charge in [-0.05, 0) is 18.9 Å². The zero-order chi connectivity index (χ0) is 14.4. The van der Waals surface area contributed by atoms with E-state index in [1.807, 2.05) is 0 Å². The molecular formula is C12H11ClFN3O3. The fraction of sp³-hybridized carbons (Fsp3) is 0.333. The van der Waals surface area contributed by atoms with Gasteiger partial charge in [-0.25, -0.2) is 27.9 Å². The third-order valence-corrected chi connectivity index (χ3v) is 3.67. The summed E-state index contributed by atoms with van der Waals surface area (Å²) in [6.07, 6.45) is 1.58. The number of hydrogen-bond acceptors (Lipinski definition) is 3. The number of benzene rings is 1. The van der Waals surface area contributed by atoms with Crippen LogP contribution >= 0.6 is 11.6 Å². The first-order valence-corrected chi connectivity index (χ1v) is 6.49. The second-order valence-corrected chi connectivity index (χ2v) is 5.02. The van der Waals surface area contributed by atoms with Crippen LogP contribution in [0, 0.1) is 5.82 Å². The van der Waals surface area contributed by atoms with Crippen LogP contribution in [0.3, 0.4) is 0 Å². The molecule has 2 heterocycles. The summed E-state index contributed by atoms with van der Waals surface area (Å²) in [6, 6.07) is 1.85. The van der Waals surface area contributed by atoms with E-state index in [4.69, 9.17) is 11.6 Å². The van der Waals surface area contributed by atoms with E-state index in [1.165, 1.54) is 9.36 Å². The van der Waals surface area contributed by atoms with Crippen LogP contribution < -0.4 is 11.4 Å². The molecule has 0 unspecified atom stereocenters. The van der Waals surface area contributed by atoms with Gasteiger partial charge in [0.25, 0.3) is 0 Å². The van der Waals surface area contributed by atoms with E-state index >= 15 is 0 Å². The number of rotatable bonds is 1. The van der Waals surface area contributed by atoms with Gasteiger partial charge in [0.15, 0.2) is 0 Å². The summed E-state index contributed by atoms with van der Waals surface area (Å²) < 4.78 is 17.2. The Labute approximate surface area is 117 Å². The van der Waals surface area contributed by atoms with Gasteiger partial charge in [-0.2, -0.15) is 0 Å². The quantitative estimate of drug-likeness (QED) is 0.857. The van der Waals surface area contributed by atoms with E-state index in [0.29, 0.717) is 13.1 Å². The summed E-state index contributed by atoms with van der Waals surface area (Å²) in [5, 5.41) is 9.36. The van der Waals surface area contributed by atoms with Crippen molar-refractivity contribution >= 4 is 11.6 Å². The number of nitrogens with zero attached hydrogens (tertiary/aromatic N) is 3. The third kappa shape index (κ3) is 1.77. The molecule has 0 radical (unpaired) electrons. The molecular weight excluding hydrogens is 289 g/mol. The predicted octanol–water partition coefficient (Wildman–Crippen LogP) is 1.09. The van der Waals surface area contributed by atoms with Gasteiger partial charge in [-0.15, -0.1) is 0 Å². The van der Waals surface area contributed by atoms with Crippen molar-refractivity contribution in [1.82, 2.24) is 13.9 Å². The average molecular weight is 300 g/mol.